The Hall–Kier alpha value is -2.47. The molecule has 1 aromatic carbocycles. The van der Waals surface area contributed by atoms with Gasteiger partial charge in [-0.1, -0.05) is 18.6 Å². The van der Waals surface area contributed by atoms with E-state index in [1.807, 2.05) is 31.2 Å². The summed E-state index contributed by atoms with van der Waals surface area (Å²) < 4.78 is 5.19. The number of amides is 1. The van der Waals surface area contributed by atoms with E-state index in [1.54, 1.807) is 13.3 Å². The molecule has 154 valence electrons. The SMILES string of the molecule is COc1ccc(CNC(=O)c2cnc(C)nc2[C@@H]2CCCCN2CC2CC2)cc1. The van der Waals surface area contributed by atoms with Crippen molar-refractivity contribution in [3.63, 3.8) is 0 Å². The quantitative estimate of drug-likeness (QED) is 0.776. The molecule has 1 N–H and O–H groups in total. The van der Waals surface area contributed by atoms with Crippen molar-refractivity contribution in [2.24, 2.45) is 5.92 Å². The van der Waals surface area contributed by atoms with Crippen LogP contribution < -0.4 is 10.1 Å². The first-order valence-electron chi connectivity index (χ1n) is 10.6. The Balaban J connectivity index is 1.50. The van der Waals surface area contributed by atoms with Crippen LogP contribution in [0.5, 0.6) is 5.75 Å². The summed E-state index contributed by atoms with van der Waals surface area (Å²) in [4.78, 5) is 24.6. The highest BCUT2D eigenvalue weighted by Gasteiger charge is 2.33. The van der Waals surface area contributed by atoms with Crippen molar-refractivity contribution in [1.29, 1.82) is 0 Å². The molecule has 1 aliphatic heterocycles. The Labute approximate surface area is 172 Å². The van der Waals surface area contributed by atoms with E-state index in [0.29, 0.717) is 12.1 Å². The van der Waals surface area contributed by atoms with Crippen LogP contribution in [0.2, 0.25) is 0 Å². The van der Waals surface area contributed by atoms with Gasteiger partial charge in [-0.05, 0) is 62.8 Å². The first-order valence-corrected chi connectivity index (χ1v) is 10.6. The summed E-state index contributed by atoms with van der Waals surface area (Å²) in [7, 11) is 1.65. The molecule has 1 saturated carbocycles. The zero-order chi connectivity index (χ0) is 20.2. The van der Waals surface area contributed by atoms with Crippen LogP contribution in [-0.2, 0) is 6.54 Å². The second kappa shape index (κ2) is 8.91. The fraction of sp³-hybridized carbons (Fsp3) is 0.522. The lowest BCUT2D eigenvalue weighted by Crippen LogP contribution is -2.37. The van der Waals surface area contributed by atoms with Gasteiger partial charge in [-0.2, -0.15) is 0 Å². The van der Waals surface area contributed by atoms with E-state index in [-0.39, 0.29) is 11.9 Å². The van der Waals surface area contributed by atoms with Gasteiger partial charge in [-0.25, -0.2) is 9.97 Å². The van der Waals surface area contributed by atoms with Gasteiger partial charge in [0, 0.05) is 19.3 Å². The average Bonchev–Trinajstić information content (AvgIpc) is 3.57. The molecule has 2 fully saturated rings. The first kappa shape index (κ1) is 19.8. The van der Waals surface area contributed by atoms with Gasteiger partial charge in [0.15, 0.2) is 0 Å². The van der Waals surface area contributed by atoms with Gasteiger partial charge in [0.05, 0.1) is 24.4 Å². The van der Waals surface area contributed by atoms with Gasteiger partial charge < -0.3 is 10.1 Å². The number of aryl methyl sites for hydroxylation is 1. The van der Waals surface area contributed by atoms with Crippen LogP contribution >= 0.6 is 0 Å². The topological polar surface area (TPSA) is 67.3 Å². The van der Waals surface area contributed by atoms with Crippen LogP contribution in [0.3, 0.4) is 0 Å². The molecule has 4 rings (SSSR count). The molecule has 6 heteroatoms. The Morgan fingerprint density at radius 3 is 2.72 bits per heavy atom. The summed E-state index contributed by atoms with van der Waals surface area (Å²) in [6.45, 7) is 4.58. The number of rotatable bonds is 7. The smallest absolute Gasteiger partial charge is 0.255 e. The molecule has 29 heavy (non-hydrogen) atoms. The number of benzene rings is 1. The minimum atomic E-state index is -0.104. The summed E-state index contributed by atoms with van der Waals surface area (Å²) in [5.74, 6) is 2.25. The molecule has 2 heterocycles. The standard InChI is InChI=1S/C23H30N4O2/c1-16-24-14-20(23(28)25-13-17-8-10-19(29-2)11-9-17)22(26-16)21-5-3-4-12-27(21)15-18-6-7-18/h8-11,14,18,21H,3-7,12-13,15H2,1-2H3,(H,25,28)/t21-/m0/s1. The molecule has 1 atom stereocenters. The summed E-state index contributed by atoms with van der Waals surface area (Å²) in [6.07, 6.45) is 7.84. The maximum Gasteiger partial charge on any atom is 0.255 e. The van der Waals surface area contributed by atoms with Crippen LogP contribution in [-0.4, -0.2) is 41.0 Å². The molecule has 6 nitrogen and oxygen atoms in total. The van der Waals surface area contributed by atoms with Crippen LogP contribution in [0, 0.1) is 12.8 Å². The zero-order valence-electron chi connectivity index (χ0n) is 17.4. The summed E-state index contributed by atoms with van der Waals surface area (Å²) in [5.41, 5.74) is 2.53. The largest absolute Gasteiger partial charge is 0.497 e. The molecule has 2 aliphatic rings. The van der Waals surface area contributed by atoms with Gasteiger partial charge >= 0.3 is 0 Å². The maximum atomic E-state index is 13.0. The molecule has 0 radical (unpaired) electrons. The van der Waals surface area contributed by atoms with Gasteiger partial charge in [0.25, 0.3) is 5.91 Å². The third-order valence-corrected chi connectivity index (χ3v) is 5.91. The molecule has 1 saturated heterocycles. The lowest BCUT2D eigenvalue weighted by molar-refractivity contribution is 0.0939. The van der Waals surface area contributed by atoms with E-state index in [4.69, 9.17) is 9.72 Å². The lowest BCUT2D eigenvalue weighted by atomic mass is 9.95. The number of carbonyl (C=O) groups excluding carboxylic acids is 1. The second-order valence-corrected chi connectivity index (χ2v) is 8.20. The molecule has 0 bridgehead atoms. The van der Waals surface area contributed by atoms with Crippen LogP contribution in [0.1, 0.15) is 65.6 Å². The Bertz CT molecular complexity index is 848. The summed E-state index contributed by atoms with van der Waals surface area (Å²) in [5, 5.41) is 3.04. The number of nitrogens with zero attached hydrogens (tertiary/aromatic N) is 3. The lowest BCUT2D eigenvalue weighted by Gasteiger charge is -2.36. The monoisotopic (exact) mass is 394 g/mol. The van der Waals surface area contributed by atoms with E-state index in [9.17, 15) is 4.79 Å². The molecular weight excluding hydrogens is 364 g/mol. The third-order valence-electron chi connectivity index (χ3n) is 5.91. The number of hydrogen-bond acceptors (Lipinski definition) is 5. The van der Waals surface area contributed by atoms with Crippen LogP contribution in [0.15, 0.2) is 30.5 Å². The number of methoxy groups -OCH3 is 1. The van der Waals surface area contributed by atoms with Crippen LogP contribution in [0.4, 0.5) is 0 Å². The number of carbonyl (C=O) groups is 1. The summed E-state index contributed by atoms with van der Waals surface area (Å²) >= 11 is 0. The predicted octanol–water partition coefficient (Wildman–Crippen LogP) is 3.66. The van der Waals surface area contributed by atoms with Crippen molar-refractivity contribution in [3.8, 4) is 5.75 Å². The number of piperidine rings is 1. The van der Waals surface area contributed by atoms with E-state index in [0.717, 1.165) is 48.3 Å². The van der Waals surface area contributed by atoms with E-state index in [2.05, 4.69) is 15.2 Å². The Morgan fingerprint density at radius 1 is 1.21 bits per heavy atom. The molecule has 0 spiro atoms. The Kier molecular flexibility index (Phi) is 6.09. The zero-order valence-corrected chi connectivity index (χ0v) is 17.4. The molecule has 2 aromatic rings. The Morgan fingerprint density at radius 2 is 2.00 bits per heavy atom. The van der Waals surface area contributed by atoms with E-state index in [1.165, 1.54) is 25.7 Å². The normalized spacial score (nSPS) is 19.7. The van der Waals surface area contributed by atoms with Gasteiger partial charge in [-0.15, -0.1) is 0 Å². The molecule has 1 aliphatic carbocycles. The number of likely N-dealkylation sites (tertiary alicyclic amines) is 1. The second-order valence-electron chi connectivity index (χ2n) is 8.20. The predicted molar refractivity (Wildman–Crippen MR) is 112 cm³/mol. The number of nitrogens with one attached hydrogen (secondary N) is 1. The van der Waals surface area contributed by atoms with Crippen molar-refractivity contribution >= 4 is 5.91 Å². The van der Waals surface area contributed by atoms with Gasteiger partial charge in [0.2, 0.25) is 0 Å². The van der Waals surface area contributed by atoms with Gasteiger partial charge in [-0.3, -0.25) is 9.69 Å². The molecule has 1 aromatic heterocycles. The van der Waals surface area contributed by atoms with Crippen molar-refractivity contribution in [3.05, 3.63) is 53.1 Å². The van der Waals surface area contributed by atoms with Crippen LogP contribution in [0.25, 0.3) is 0 Å². The first-order chi connectivity index (χ1) is 14.1. The molecule has 0 unspecified atom stereocenters. The van der Waals surface area contributed by atoms with Gasteiger partial charge in [0.1, 0.15) is 11.6 Å². The highest BCUT2D eigenvalue weighted by molar-refractivity contribution is 5.95. The molecular formula is C23H30N4O2. The molecule has 1 amide bonds. The summed E-state index contributed by atoms with van der Waals surface area (Å²) in [6, 6.07) is 7.95. The minimum absolute atomic E-state index is 0.104. The average molecular weight is 395 g/mol. The fourth-order valence-corrected chi connectivity index (χ4v) is 4.09. The fourth-order valence-electron chi connectivity index (χ4n) is 4.09. The highest BCUT2D eigenvalue weighted by Crippen LogP contribution is 2.37. The number of ether oxygens (including phenoxy) is 1. The van der Waals surface area contributed by atoms with Crippen molar-refractivity contribution < 1.29 is 9.53 Å². The van der Waals surface area contributed by atoms with Crippen molar-refractivity contribution in [2.75, 3.05) is 20.2 Å². The number of aromatic nitrogens is 2. The highest BCUT2D eigenvalue weighted by atomic mass is 16.5. The third kappa shape index (κ3) is 4.93. The van der Waals surface area contributed by atoms with Crippen molar-refractivity contribution in [1.82, 2.24) is 20.2 Å². The maximum absolute atomic E-state index is 13.0. The van der Waals surface area contributed by atoms with E-state index < -0.39 is 0 Å². The van der Waals surface area contributed by atoms with E-state index >= 15 is 0 Å². The number of hydrogen-bond donors (Lipinski definition) is 1. The minimum Gasteiger partial charge on any atom is -0.497 e. The van der Waals surface area contributed by atoms with Crippen molar-refractivity contribution in [2.45, 2.75) is 51.6 Å².